The number of nitriles is 1. The lowest BCUT2D eigenvalue weighted by Gasteiger charge is -2.09. The van der Waals surface area contributed by atoms with E-state index in [2.05, 4.69) is 30.3 Å². The Morgan fingerprint density at radius 2 is 2.00 bits per heavy atom. The maximum atomic E-state index is 8.94. The fraction of sp³-hybridized carbons (Fsp3) is 0.692. The van der Waals surface area contributed by atoms with E-state index < -0.39 is 0 Å². The van der Waals surface area contributed by atoms with Crippen molar-refractivity contribution in [3.63, 3.8) is 0 Å². The van der Waals surface area contributed by atoms with Crippen LogP contribution in [0, 0.1) is 31.1 Å². The van der Waals surface area contributed by atoms with Crippen LogP contribution in [0.1, 0.15) is 43.8 Å². The van der Waals surface area contributed by atoms with Crippen molar-refractivity contribution in [2.45, 2.75) is 47.2 Å². The molecule has 0 aliphatic rings. The standard InChI is InChI=1S/C13H22N4/c1-9(2)7-15-8-13-11(4)16-17(12(13)5)10(3)6-14/h9-10,15H,7-8H2,1-5H3. The van der Waals surface area contributed by atoms with Crippen molar-refractivity contribution in [3.8, 4) is 6.07 Å². The molecule has 0 fully saturated rings. The third kappa shape index (κ3) is 3.31. The van der Waals surface area contributed by atoms with Crippen LogP contribution in [0.15, 0.2) is 0 Å². The van der Waals surface area contributed by atoms with E-state index in [1.54, 1.807) is 0 Å². The smallest absolute Gasteiger partial charge is 0.136 e. The normalized spacial score (nSPS) is 12.8. The molecule has 94 valence electrons. The minimum Gasteiger partial charge on any atom is -0.312 e. The van der Waals surface area contributed by atoms with Crippen LogP contribution in [0.25, 0.3) is 0 Å². The van der Waals surface area contributed by atoms with Gasteiger partial charge in [0, 0.05) is 17.8 Å². The number of nitrogens with one attached hydrogen (secondary N) is 1. The van der Waals surface area contributed by atoms with Gasteiger partial charge in [0.2, 0.25) is 0 Å². The number of aryl methyl sites for hydroxylation is 1. The van der Waals surface area contributed by atoms with Gasteiger partial charge in [-0.1, -0.05) is 13.8 Å². The van der Waals surface area contributed by atoms with Gasteiger partial charge in [-0.2, -0.15) is 10.4 Å². The first-order chi connectivity index (χ1) is 7.97. The molecular weight excluding hydrogens is 212 g/mol. The first-order valence-electron chi connectivity index (χ1n) is 6.12. The van der Waals surface area contributed by atoms with Crippen LogP contribution in [0.5, 0.6) is 0 Å². The van der Waals surface area contributed by atoms with E-state index in [9.17, 15) is 0 Å². The second kappa shape index (κ2) is 5.83. The van der Waals surface area contributed by atoms with Gasteiger partial charge in [0.25, 0.3) is 0 Å². The summed E-state index contributed by atoms with van der Waals surface area (Å²) in [6.45, 7) is 12.1. The Balaban J connectivity index is 2.80. The van der Waals surface area contributed by atoms with Crippen LogP contribution in [0.4, 0.5) is 0 Å². The van der Waals surface area contributed by atoms with Crippen molar-refractivity contribution >= 4 is 0 Å². The minimum absolute atomic E-state index is 0.201. The van der Waals surface area contributed by atoms with Crippen LogP contribution in [0.3, 0.4) is 0 Å². The zero-order valence-electron chi connectivity index (χ0n) is 11.4. The summed E-state index contributed by atoms with van der Waals surface area (Å²) in [6, 6.07) is 2.02. The Hall–Kier alpha value is -1.34. The summed E-state index contributed by atoms with van der Waals surface area (Å²) in [5, 5.41) is 16.8. The van der Waals surface area contributed by atoms with Crippen LogP contribution in [0.2, 0.25) is 0 Å². The molecule has 0 bridgehead atoms. The molecule has 1 aromatic heterocycles. The lowest BCUT2D eigenvalue weighted by molar-refractivity contribution is 0.547. The van der Waals surface area contributed by atoms with Crippen molar-refractivity contribution in [1.29, 1.82) is 5.26 Å². The Labute approximate surface area is 104 Å². The van der Waals surface area contributed by atoms with E-state index in [0.717, 1.165) is 24.5 Å². The number of aromatic nitrogens is 2. The average Bonchev–Trinajstić information content (AvgIpc) is 2.55. The molecule has 0 saturated heterocycles. The van der Waals surface area contributed by atoms with E-state index in [1.165, 1.54) is 5.56 Å². The molecule has 0 aliphatic heterocycles. The summed E-state index contributed by atoms with van der Waals surface area (Å²) >= 11 is 0. The van der Waals surface area contributed by atoms with Gasteiger partial charge in [0.1, 0.15) is 6.04 Å². The van der Waals surface area contributed by atoms with Crippen molar-refractivity contribution < 1.29 is 0 Å². The Morgan fingerprint density at radius 1 is 1.35 bits per heavy atom. The lowest BCUT2D eigenvalue weighted by atomic mass is 10.1. The minimum atomic E-state index is -0.201. The summed E-state index contributed by atoms with van der Waals surface area (Å²) in [4.78, 5) is 0. The van der Waals surface area contributed by atoms with Gasteiger partial charge in [0.15, 0.2) is 0 Å². The molecule has 17 heavy (non-hydrogen) atoms. The molecule has 4 heteroatoms. The van der Waals surface area contributed by atoms with Gasteiger partial charge < -0.3 is 5.32 Å². The number of hydrogen-bond donors (Lipinski definition) is 1. The van der Waals surface area contributed by atoms with Gasteiger partial charge in [-0.05, 0) is 33.2 Å². The summed E-state index contributed by atoms with van der Waals surface area (Å²) in [6.07, 6.45) is 0. The van der Waals surface area contributed by atoms with Gasteiger partial charge in [-0.3, -0.25) is 4.68 Å². The van der Waals surface area contributed by atoms with Gasteiger partial charge in [-0.15, -0.1) is 0 Å². The molecule has 4 nitrogen and oxygen atoms in total. The lowest BCUT2D eigenvalue weighted by Crippen LogP contribution is -2.19. The molecule has 1 aromatic rings. The Morgan fingerprint density at radius 3 is 2.53 bits per heavy atom. The first-order valence-corrected chi connectivity index (χ1v) is 6.12. The van der Waals surface area contributed by atoms with Crippen molar-refractivity contribution in [1.82, 2.24) is 15.1 Å². The monoisotopic (exact) mass is 234 g/mol. The predicted octanol–water partition coefficient (Wildman–Crippen LogP) is 2.33. The average molecular weight is 234 g/mol. The quantitative estimate of drug-likeness (QED) is 0.850. The van der Waals surface area contributed by atoms with Gasteiger partial charge in [-0.25, -0.2) is 0 Å². The number of hydrogen-bond acceptors (Lipinski definition) is 3. The Bertz CT molecular complexity index is 412. The molecule has 1 heterocycles. The van der Waals surface area contributed by atoms with E-state index >= 15 is 0 Å². The van der Waals surface area contributed by atoms with E-state index in [4.69, 9.17) is 5.26 Å². The number of rotatable bonds is 5. The molecule has 1 atom stereocenters. The second-order valence-electron chi connectivity index (χ2n) is 4.92. The highest BCUT2D eigenvalue weighted by Gasteiger charge is 2.14. The summed E-state index contributed by atoms with van der Waals surface area (Å²) < 4.78 is 1.81. The fourth-order valence-corrected chi connectivity index (χ4v) is 1.87. The fourth-order valence-electron chi connectivity index (χ4n) is 1.87. The zero-order valence-corrected chi connectivity index (χ0v) is 11.4. The molecule has 0 saturated carbocycles. The summed E-state index contributed by atoms with van der Waals surface area (Å²) in [5.74, 6) is 0.642. The summed E-state index contributed by atoms with van der Waals surface area (Å²) in [7, 11) is 0. The molecule has 1 N–H and O–H groups in total. The van der Waals surface area contributed by atoms with E-state index in [1.807, 2.05) is 25.5 Å². The van der Waals surface area contributed by atoms with Crippen LogP contribution in [-0.2, 0) is 6.54 Å². The molecular formula is C13H22N4. The molecule has 0 aromatic carbocycles. The SMILES string of the molecule is Cc1nn(C(C)C#N)c(C)c1CNCC(C)C. The van der Waals surface area contributed by atoms with Crippen molar-refractivity contribution in [2.75, 3.05) is 6.54 Å². The van der Waals surface area contributed by atoms with Crippen LogP contribution >= 0.6 is 0 Å². The van der Waals surface area contributed by atoms with Gasteiger partial charge >= 0.3 is 0 Å². The number of nitrogens with zero attached hydrogens (tertiary/aromatic N) is 3. The Kier molecular flexibility index (Phi) is 4.71. The highest BCUT2D eigenvalue weighted by molar-refractivity contribution is 5.25. The maximum absolute atomic E-state index is 8.94. The van der Waals surface area contributed by atoms with Crippen molar-refractivity contribution in [3.05, 3.63) is 17.0 Å². The van der Waals surface area contributed by atoms with E-state index in [0.29, 0.717) is 5.92 Å². The third-order valence-corrected chi connectivity index (χ3v) is 2.88. The first kappa shape index (κ1) is 13.7. The highest BCUT2D eigenvalue weighted by atomic mass is 15.3. The van der Waals surface area contributed by atoms with Crippen LogP contribution < -0.4 is 5.32 Å². The summed E-state index contributed by atoms with van der Waals surface area (Å²) in [5.41, 5.74) is 3.32. The van der Waals surface area contributed by atoms with Crippen LogP contribution in [-0.4, -0.2) is 16.3 Å². The molecule has 1 unspecified atom stereocenters. The molecule has 0 amide bonds. The predicted molar refractivity (Wildman–Crippen MR) is 68.6 cm³/mol. The second-order valence-corrected chi connectivity index (χ2v) is 4.92. The molecule has 0 spiro atoms. The maximum Gasteiger partial charge on any atom is 0.136 e. The van der Waals surface area contributed by atoms with E-state index in [-0.39, 0.29) is 6.04 Å². The zero-order chi connectivity index (χ0) is 13.0. The third-order valence-electron chi connectivity index (χ3n) is 2.88. The molecule has 0 aliphatic carbocycles. The van der Waals surface area contributed by atoms with Crippen molar-refractivity contribution in [2.24, 2.45) is 5.92 Å². The highest BCUT2D eigenvalue weighted by Crippen LogP contribution is 2.16. The topological polar surface area (TPSA) is 53.6 Å². The molecule has 0 radical (unpaired) electrons. The largest absolute Gasteiger partial charge is 0.312 e. The van der Waals surface area contributed by atoms with Gasteiger partial charge in [0.05, 0.1) is 11.8 Å². The molecule has 1 rings (SSSR count).